The number of para-hydroxylation sites is 1. The SMILES string of the molecule is C[C@H](N[P@@](=O)(OC[C@@]1(C)O[C@@H](c2ccc3c(N)ncnn23)[C@H](O)[C@@H]1O)Oc1ccccc1)C(=O)OCC1CCC1. The third-order valence-electron chi connectivity index (χ3n) is 7.34. The van der Waals surface area contributed by atoms with E-state index < -0.39 is 50.3 Å². The highest BCUT2D eigenvalue weighted by Gasteiger charge is 2.54. The first-order valence-corrected chi connectivity index (χ1v) is 14.7. The van der Waals surface area contributed by atoms with Crippen LogP contribution in [-0.2, 0) is 23.4 Å². The van der Waals surface area contributed by atoms with E-state index in [2.05, 4.69) is 15.2 Å². The summed E-state index contributed by atoms with van der Waals surface area (Å²) in [4.78, 5) is 16.6. The van der Waals surface area contributed by atoms with E-state index in [1.807, 2.05) is 0 Å². The van der Waals surface area contributed by atoms with Crippen LogP contribution in [0.25, 0.3) is 5.52 Å². The fourth-order valence-corrected chi connectivity index (χ4v) is 6.28. The highest BCUT2D eigenvalue weighted by molar-refractivity contribution is 7.52. The minimum atomic E-state index is -4.22. The topological polar surface area (TPSA) is 180 Å². The number of ether oxygens (including phenoxy) is 2. The van der Waals surface area contributed by atoms with Crippen LogP contribution in [0.1, 0.15) is 44.9 Å². The molecule has 216 valence electrons. The van der Waals surface area contributed by atoms with Gasteiger partial charge in [-0.15, -0.1) is 0 Å². The number of carbonyl (C=O) groups is 1. The van der Waals surface area contributed by atoms with Crippen LogP contribution >= 0.6 is 7.75 Å². The summed E-state index contributed by atoms with van der Waals surface area (Å²) in [7, 11) is -4.22. The first-order valence-electron chi connectivity index (χ1n) is 13.1. The van der Waals surface area contributed by atoms with Crippen molar-refractivity contribution in [3.63, 3.8) is 0 Å². The van der Waals surface area contributed by atoms with Crippen molar-refractivity contribution in [3.8, 4) is 5.75 Å². The number of anilines is 1. The van der Waals surface area contributed by atoms with E-state index in [9.17, 15) is 19.6 Å². The standard InChI is InChI=1S/C26H34N5O8P/c1-16(25(34)36-13-17-7-6-8-17)30-40(35,39-18-9-4-3-5-10-18)37-14-26(2)23(33)21(32)22(38-26)19-11-12-20-24(27)28-15-29-31(19)20/h3-5,9-12,15-17,21-23,32-33H,6-8,13-14H2,1-2H3,(H,30,35)(H2,27,28,29)/t16-,21-,22-,23-,26+,40+/m0/s1. The van der Waals surface area contributed by atoms with Gasteiger partial charge in [-0.25, -0.2) is 14.1 Å². The molecule has 0 amide bonds. The number of hydrogen-bond acceptors (Lipinski definition) is 11. The molecule has 0 bridgehead atoms. The van der Waals surface area contributed by atoms with Crippen LogP contribution in [0.15, 0.2) is 48.8 Å². The van der Waals surface area contributed by atoms with E-state index in [-0.39, 0.29) is 11.6 Å². The third kappa shape index (κ3) is 5.85. The molecule has 40 heavy (non-hydrogen) atoms. The number of nitrogens with two attached hydrogens (primary N) is 1. The van der Waals surface area contributed by atoms with Crippen molar-refractivity contribution in [2.45, 2.75) is 63.1 Å². The largest absolute Gasteiger partial charge is 0.464 e. The maximum Gasteiger partial charge on any atom is 0.459 e. The monoisotopic (exact) mass is 575 g/mol. The van der Waals surface area contributed by atoms with Gasteiger partial charge in [0.15, 0.2) is 5.82 Å². The van der Waals surface area contributed by atoms with Crippen molar-refractivity contribution in [2.75, 3.05) is 18.9 Å². The van der Waals surface area contributed by atoms with Crippen molar-refractivity contribution in [2.24, 2.45) is 5.92 Å². The van der Waals surface area contributed by atoms with E-state index in [1.165, 1.54) is 24.7 Å². The lowest BCUT2D eigenvalue weighted by atomic mass is 9.86. The molecule has 3 aromatic rings. The van der Waals surface area contributed by atoms with E-state index in [4.69, 9.17) is 24.3 Å². The second kappa shape index (κ2) is 11.4. The molecule has 0 unspecified atom stereocenters. The van der Waals surface area contributed by atoms with Crippen molar-refractivity contribution >= 4 is 25.1 Å². The van der Waals surface area contributed by atoms with E-state index >= 15 is 0 Å². The normalized spacial score (nSPS) is 27.1. The van der Waals surface area contributed by atoms with E-state index in [0.29, 0.717) is 23.7 Å². The van der Waals surface area contributed by atoms with Crippen LogP contribution in [-0.4, -0.2) is 67.8 Å². The summed E-state index contributed by atoms with van der Waals surface area (Å²) in [5, 5.41) is 28.7. The molecular weight excluding hydrogens is 541 g/mol. The molecule has 5 N–H and O–H groups in total. The molecular formula is C26H34N5O8P. The summed E-state index contributed by atoms with van der Waals surface area (Å²) in [5.41, 5.74) is 5.35. The highest BCUT2D eigenvalue weighted by atomic mass is 31.2. The average molecular weight is 576 g/mol. The lowest BCUT2D eigenvalue weighted by Crippen LogP contribution is -2.45. The summed E-state index contributed by atoms with van der Waals surface area (Å²) < 4.78 is 38.3. The molecule has 2 aromatic heterocycles. The Kier molecular flexibility index (Phi) is 8.14. The quantitative estimate of drug-likeness (QED) is 0.194. The molecule has 1 saturated heterocycles. The maximum absolute atomic E-state index is 13.9. The number of nitrogens with zero attached hydrogens (tertiary/aromatic N) is 3. The van der Waals surface area contributed by atoms with E-state index in [1.54, 1.807) is 42.5 Å². The number of fused-ring (bicyclic) bond motifs is 1. The molecule has 1 aliphatic carbocycles. The fraction of sp³-hybridized carbons (Fsp3) is 0.500. The summed E-state index contributed by atoms with van der Waals surface area (Å²) in [6.45, 7) is 2.87. The van der Waals surface area contributed by atoms with Gasteiger partial charge in [-0.3, -0.25) is 9.32 Å². The Hall–Kier alpha value is -3.06. The summed E-state index contributed by atoms with van der Waals surface area (Å²) in [6.07, 6.45) is 0.607. The minimum absolute atomic E-state index is 0.237. The van der Waals surface area contributed by atoms with Gasteiger partial charge in [0.25, 0.3) is 0 Å². The second-order valence-electron chi connectivity index (χ2n) is 10.4. The number of aliphatic hydroxyl groups excluding tert-OH is 2. The highest BCUT2D eigenvalue weighted by Crippen LogP contribution is 2.48. The minimum Gasteiger partial charge on any atom is -0.464 e. The van der Waals surface area contributed by atoms with Gasteiger partial charge in [0.05, 0.1) is 18.9 Å². The summed E-state index contributed by atoms with van der Waals surface area (Å²) in [6, 6.07) is 10.6. The van der Waals surface area contributed by atoms with Gasteiger partial charge >= 0.3 is 13.7 Å². The van der Waals surface area contributed by atoms with Gasteiger partial charge in [0.2, 0.25) is 0 Å². The average Bonchev–Trinajstić information content (AvgIpc) is 3.43. The van der Waals surface area contributed by atoms with Crippen molar-refractivity contribution < 1.29 is 38.1 Å². The number of benzene rings is 1. The third-order valence-corrected chi connectivity index (χ3v) is 8.96. The molecule has 2 aliphatic rings. The van der Waals surface area contributed by atoms with Crippen LogP contribution in [0.5, 0.6) is 5.75 Å². The lowest BCUT2D eigenvalue weighted by Gasteiger charge is -2.30. The Morgan fingerprint density at radius 1 is 1.27 bits per heavy atom. The molecule has 6 atom stereocenters. The smallest absolute Gasteiger partial charge is 0.459 e. The number of rotatable bonds is 11. The van der Waals surface area contributed by atoms with Crippen LogP contribution in [0.3, 0.4) is 0 Å². The Labute approximate surface area is 231 Å². The number of nitrogens with one attached hydrogen (secondary N) is 1. The molecule has 0 radical (unpaired) electrons. The zero-order valence-corrected chi connectivity index (χ0v) is 23.1. The maximum atomic E-state index is 13.9. The Balaban J connectivity index is 1.31. The van der Waals surface area contributed by atoms with Gasteiger partial charge < -0.3 is 29.9 Å². The first kappa shape index (κ1) is 28.5. The number of carbonyl (C=O) groups excluding carboxylic acids is 1. The molecule has 2 fully saturated rings. The van der Waals surface area contributed by atoms with Gasteiger partial charge in [-0.1, -0.05) is 24.6 Å². The molecule has 1 aromatic carbocycles. The second-order valence-corrected chi connectivity index (χ2v) is 12.1. The molecule has 0 spiro atoms. The Morgan fingerprint density at radius 3 is 2.73 bits per heavy atom. The summed E-state index contributed by atoms with van der Waals surface area (Å²) >= 11 is 0. The Bertz CT molecular complexity index is 1390. The molecule has 13 nitrogen and oxygen atoms in total. The summed E-state index contributed by atoms with van der Waals surface area (Å²) in [5.74, 6) is 0.236. The molecule has 1 aliphatic heterocycles. The van der Waals surface area contributed by atoms with Gasteiger partial charge in [-0.2, -0.15) is 10.2 Å². The van der Waals surface area contributed by atoms with Crippen LogP contribution in [0.4, 0.5) is 5.82 Å². The van der Waals surface area contributed by atoms with Gasteiger partial charge in [0.1, 0.15) is 47.5 Å². The fourth-order valence-electron chi connectivity index (χ4n) is 4.70. The molecule has 3 heterocycles. The van der Waals surface area contributed by atoms with Crippen LogP contribution in [0.2, 0.25) is 0 Å². The van der Waals surface area contributed by atoms with Gasteiger partial charge in [0, 0.05) is 0 Å². The lowest BCUT2D eigenvalue weighted by molar-refractivity contribution is -0.147. The number of aromatic nitrogens is 3. The molecule has 14 heteroatoms. The predicted octanol–water partition coefficient (Wildman–Crippen LogP) is 2.39. The van der Waals surface area contributed by atoms with Crippen LogP contribution < -0.4 is 15.3 Å². The zero-order chi connectivity index (χ0) is 28.5. The van der Waals surface area contributed by atoms with Gasteiger partial charge in [-0.05, 0) is 56.9 Å². The number of nitrogen functional groups attached to an aromatic ring is 1. The van der Waals surface area contributed by atoms with E-state index in [0.717, 1.165) is 19.3 Å². The van der Waals surface area contributed by atoms with Crippen molar-refractivity contribution in [3.05, 3.63) is 54.5 Å². The number of hydrogen-bond donors (Lipinski definition) is 4. The molecule has 5 rings (SSSR count). The Morgan fingerprint density at radius 2 is 2.02 bits per heavy atom. The van der Waals surface area contributed by atoms with Crippen LogP contribution in [0, 0.1) is 5.92 Å². The zero-order valence-electron chi connectivity index (χ0n) is 22.3. The number of esters is 1. The first-order chi connectivity index (χ1) is 19.1. The number of aliphatic hydroxyl groups is 2. The van der Waals surface area contributed by atoms with Crippen molar-refractivity contribution in [1.82, 2.24) is 19.7 Å². The van der Waals surface area contributed by atoms with Crippen molar-refractivity contribution in [1.29, 1.82) is 0 Å². The predicted molar refractivity (Wildman–Crippen MR) is 143 cm³/mol. The molecule has 1 saturated carbocycles.